The molecule has 0 saturated carbocycles. The molecule has 0 saturated heterocycles. The second kappa shape index (κ2) is 6.54. The Hall–Kier alpha value is -2.46. The monoisotopic (exact) mass is 292 g/mol. The molecule has 2 aromatic heterocycles. The maximum absolute atomic E-state index is 4.46. The van der Waals surface area contributed by atoms with E-state index in [9.17, 15) is 0 Å². The highest BCUT2D eigenvalue weighted by Crippen LogP contribution is 2.22. The molecule has 0 aliphatic rings. The first-order valence-electron chi connectivity index (χ1n) is 7.39. The third kappa shape index (κ3) is 3.07. The molecule has 0 aliphatic carbocycles. The minimum absolute atomic E-state index is 0.292. The van der Waals surface area contributed by atoms with Gasteiger partial charge in [-0.25, -0.2) is 0 Å². The van der Waals surface area contributed by atoms with Crippen LogP contribution in [-0.2, 0) is 0 Å². The van der Waals surface area contributed by atoms with Crippen LogP contribution in [0.3, 0.4) is 0 Å². The first-order chi connectivity index (χ1) is 10.8. The fourth-order valence-electron chi connectivity index (χ4n) is 2.61. The highest BCUT2D eigenvalue weighted by molar-refractivity contribution is 5.88. The molecule has 3 aromatic rings. The average Bonchev–Trinajstić information content (AvgIpc) is 2.56. The summed E-state index contributed by atoms with van der Waals surface area (Å²) in [6.45, 7) is 0.800. The molecular formula is C18H20N4. The van der Waals surface area contributed by atoms with Gasteiger partial charge in [0.25, 0.3) is 0 Å². The fraction of sp³-hybridized carbons (Fsp3) is 0.222. The number of hydrogen-bond donors (Lipinski definition) is 1. The Labute approximate surface area is 130 Å². The Kier molecular flexibility index (Phi) is 4.30. The third-order valence-corrected chi connectivity index (χ3v) is 3.80. The first kappa shape index (κ1) is 14.5. The van der Waals surface area contributed by atoms with Crippen LogP contribution >= 0.6 is 0 Å². The number of rotatable bonds is 5. The summed E-state index contributed by atoms with van der Waals surface area (Å²) in [6.07, 6.45) is 5.50. The molecule has 4 heteroatoms. The maximum atomic E-state index is 4.46. The number of fused-ring (bicyclic) bond motifs is 1. The van der Waals surface area contributed by atoms with E-state index < -0.39 is 0 Å². The van der Waals surface area contributed by atoms with Gasteiger partial charge in [-0.1, -0.05) is 30.3 Å². The van der Waals surface area contributed by atoms with E-state index in [-0.39, 0.29) is 0 Å². The van der Waals surface area contributed by atoms with Crippen LogP contribution < -0.4 is 5.32 Å². The van der Waals surface area contributed by atoms with E-state index in [4.69, 9.17) is 0 Å². The van der Waals surface area contributed by atoms with Crippen LogP contribution in [0.2, 0.25) is 0 Å². The summed E-state index contributed by atoms with van der Waals surface area (Å²) >= 11 is 0. The van der Waals surface area contributed by atoms with E-state index in [0.29, 0.717) is 6.04 Å². The van der Waals surface area contributed by atoms with Crippen molar-refractivity contribution in [2.45, 2.75) is 6.04 Å². The number of benzene rings is 1. The molecule has 22 heavy (non-hydrogen) atoms. The van der Waals surface area contributed by atoms with Gasteiger partial charge < -0.3 is 10.2 Å². The van der Waals surface area contributed by atoms with Crippen LogP contribution in [0, 0.1) is 0 Å². The number of anilines is 1. The summed E-state index contributed by atoms with van der Waals surface area (Å²) in [5.74, 6) is 0. The molecule has 1 aromatic carbocycles. The Morgan fingerprint density at radius 3 is 2.64 bits per heavy atom. The zero-order valence-corrected chi connectivity index (χ0v) is 12.9. The van der Waals surface area contributed by atoms with Gasteiger partial charge in [-0.3, -0.25) is 9.97 Å². The number of aromatic nitrogens is 2. The molecule has 1 N–H and O–H groups in total. The molecule has 0 fully saturated rings. The van der Waals surface area contributed by atoms with Gasteiger partial charge in [0.15, 0.2) is 0 Å². The predicted octanol–water partition coefficient (Wildman–Crippen LogP) is 3.34. The summed E-state index contributed by atoms with van der Waals surface area (Å²) in [5.41, 5.74) is 3.23. The highest BCUT2D eigenvalue weighted by Gasteiger charge is 2.14. The second-order valence-corrected chi connectivity index (χ2v) is 5.53. The van der Waals surface area contributed by atoms with Crippen LogP contribution in [0.4, 0.5) is 5.69 Å². The van der Waals surface area contributed by atoms with E-state index in [1.54, 1.807) is 0 Å². The molecule has 0 aliphatic heterocycles. The minimum atomic E-state index is 0.292. The number of pyridine rings is 2. The molecular weight excluding hydrogens is 272 g/mol. The van der Waals surface area contributed by atoms with Crippen molar-refractivity contribution >= 4 is 16.6 Å². The van der Waals surface area contributed by atoms with Crippen molar-refractivity contribution in [1.82, 2.24) is 14.9 Å². The summed E-state index contributed by atoms with van der Waals surface area (Å²) in [7, 11) is 4.19. The largest absolute Gasteiger partial charge is 0.380 e. The van der Waals surface area contributed by atoms with Crippen molar-refractivity contribution < 1.29 is 0 Å². The third-order valence-electron chi connectivity index (χ3n) is 3.80. The average molecular weight is 292 g/mol. The van der Waals surface area contributed by atoms with Gasteiger partial charge in [-0.05, 0) is 31.8 Å². The van der Waals surface area contributed by atoms with Gasteiger partial charge in [-0.15, -0.1) is 0 Å². The smallest absolute Gasteiger partial charge is 0.0964 e. The lowest BCUT2D eigenvalue weighted by molar-refractivity contribution is 0.312. The lowest BCUT2D eigenvalue weighted by Gasteiger charge is -2.25. The molecule has 1 atom stereocenters. The zero-order chi connectivity index (χ0) is 15.4. The topological polar surface area (TPSA) is 41.0 Å². The van der Waals surface area contributed by atoms with Gasteiger partial charge >= 0.3 is 0 Å². The molecule has 1 unspecified atom stereocenters. The van der Waals surface area contributed by atoms with E-state index in [1.807, 2.05) is 36.8 Å². The Morgan fingerprint density at radius 2 is 1.86 bits per heavy atom. The summed E-state index contributed by atoms with van der Waals surface area (Å²) in [6, 6.07) is 14.8. The normalized spacial score (nSPS) is 12.5. The standard InChI is InChI=1S/C18H20N4/c1-22(2)17(14-7-4-3-5-8-14)13-21-16-12-19-11-15-9-6-10-20-18(15)16/h3-12,17,21H,13H2,1-2H3. The van der Waals surface area contributed by atoms with Crippen LogP contribution in [0.15, 0.2) is 61.1 Å². The van der Waals surface area contributed by atoms with Crippen LogP contribution in [-0.4, -0.2) is 35.5 Å². The quantitative estimate of drug-likeness (QED) is 0.783. The number of nitrogens with one attached hydrogen (secondary N) is 1. The molecule has 0 radical (unpaired) electrons. The summed E-state index contributed by atoms with van der Waals surface area (Å²) < 4.78 is 0. The summed E-state index contributed by atoms with van der Waals surface area (Å²) in [4.78, 5) is 11.0. The van der Waals surface area contributed by atoms with Crippen molar-refractivity contribution in [3.63, 3.8) is 0 Å². The van der Waals surface area contributed by atoms with Crippen LogP contribution in [0.5, 0.6) is 0 Å². The first-order valence-corrected chi connectivity index (χ1v) is 7.39. The van der Waals surface area contributed by atoms with Crippen molar-refractivity contribution in [2.24, 2.45) is 0 Å². The molecule has 0 spiro atoms. The summed E-state index contributed by atoms with van der Waals surface area (Å²) in [5, 5.41) is 4.55. The van der Waals surface area contributed by atoms with E-state index in [0.717, 1.165) is 23.1 Å². The zero-order valence-electron chi connectivity index (χ0n) is 12.9. The number of hydrogen-bond acceptors (Lipinski definition) is 4. The fourth-order valence-corrected chi connectivity index (χ4v) is 2.61. The van der Waals surface area contributed by atoms with Gasteiger partial charge in [0.05, 0.1) is 23.4 Å². The Morgan fingerprint density at radius 1 is 1.05 bits per heavy atom. The van der Waals surface area contributed by atoms with Gasteiger partial charge in [-0.2, -0.15) is 0 Å². The van der Waals surface area contributed by atoms with Crippen molar-refractivity contribution in [2.75, 3.05) is 26.0 Å². The molecule has 0 bridgehead atoms. The van der Waals surface area contributed by atoms with Gasteiger partial charge in [0, 0.05) is 24.3 Å². The molecule has 3 rings (SSSR count). The lowest BCUT2D eigenvalue weighted by Crippen LogP contribution is -2.26. The molecule has 2 heterocycles. The predicted molar refractivity (Wildman–Crippen MR) is 90.9 cm³/mol. The molecule has 0 amide bonds. The number of likely N-dealkylation sites (N-methyl/N-ethyl adjacent to an activating group) is 1. The van der Waals surface area contributed by atoms with E-state index >= 15 is 0 Å². The van der Waals surface area contributed by atoms with Gasteiger partial charge in [0.2, 0.25) is 0 Å². The van der Waals surface area contributed by atoms with Crippen molar-refractivity contribution in [3.05, 3.63) is 66.6 Å². The second-order valence-electron chi connectivity index (χ2n) is 5.53. The molecule has 112 valence electrons. The van der Waals surface area contributed by atoms with Crippen LogP contribution in [0.25, 0.3) is 10.9 Å². The Balaban J connectivity index is 1.83. The minimum Gasteiger partial charge on any atom is -0.380 e. The van der Waals surface area contributed by atoms with Crippen LogP contribution in [0.1, 0.15) is 11.6 Å². The van der Waals surface area contributed by atoms with Crippen molar-refractivity contribution in [3.8, 4) is 0 Å². The number of nitrogens with zero attached hydrogens (tertiary/aromatic N) is 3. The highest BCUT2D eigenvalue weighted by atomic mass is 15.1. The SMILES string of the molecule is CN(C)C(CNc1cncc2cccnc12)c1ccccc1. The maximum Gasteiger partial charge on any atom is 0.0964 e. The van der Waals surface area contributed by atoms with Crippen molar-refractivity contribution in [1.29, 1.82) is 0 Å². The van der Waals surface area contributed by atoms with E-state index in [1.165, 1.54) is 5.56 Å². The Bertz CT molecular complexity index is 735. The van der Waals surface area contributed by atoms with E-state index in [2.05, 4.69) is 58.5 Å². The van der Waals surface area contributed by atoms with Gasteiger partial charge in [0.1, 0.15) is 0 Å². The molecule has 4 nitrogen and oxygen atoms in total. The lowest BCUT2D eigenvalue weighted by atomic mass is 10.1.